The van der Waals surface area contributed by atoms with Gasteiger partial charge in [0, 0.05) is 67.4 Å². The Hall–Kier alpha value is -0.918. The van der Waals surface area contributed by atoms with Gasteiger partial charge in [-0.15, -0.1) is 11.3 Å². The van der Waals surface area contributed by atoms with E-state index in [1.54, 1.807) is 26.8 Å². The van der Waals surface area contributed by atoms with E-state index in [2.05, 4.69) is 11.9 Å². The number of cyclic esters (lactones) is 1. The molecule has 6 atom stereocenters. The van der Waals surface area contributed by atoms with Crippen LogP contribution in [0, 0.1) is 61.3 Å². The van der Waals surface area contributed by atoms with E-state index in [0.29, 0.717) is 23.6 Å². The number of hydrogen-bond acceptors (Lipinski definition) is 9. The monoisotopic (exact) mass is 760 g/mol. The molecule has 207 valence electrons. The van der Waals surface area contributed by atoms with Crippen molar-refractivity contribution in [1.29, 1.82) is 0 Å². The van der Waals surface area contributed by atoms with Crippen LogP contribution in [-0.2, 0) is 35.2 Å². The summed E-state index contributed by atoms with van der Waals surface area (Å²) in [5.41, 5.74) is 0.236. The molecule has 1 N–H and O–H groups in total. The summed E-state index contributed by atoms with van der Waals surface area (Å²) in [7, 11) is 0. The summed E-state index contributed by atoms with van der Waals surface area (Å²) < 4.78 is 17.3. The fourth-order valence-electron chi connectivity index (χ4n) is 5.14. The van der Waals surface area contributed by atoms with Gasteiger partial charge in [-0.25, -0.2) is 9.78 Å². The minimum atomic E-state index is -0.959. The maximum Gasteiger partial charge on any atom is 0.331 e. The van der Waals surface area contributed by atoms with Crippen molar-refractivity contribution in [3.05, 3.63) is 33.8 Å². The molecule has 3 heterocycles. The van der Waals surface area contributed by atoms with Gasteiger partial charge in [0.2, 0.25) is 0 Å². The number of aliphatic hydroxyl groups is 1. The van der Waals surface area contributed by atoms with E-state index in [0.717, 1.165) is 24.8 Å². The zero-order chi connectivity index (χ0) is 27.4. The molecule has 8 nitrogen and oxygen atoms in total. The number of carbonyl (C=O) groups excluding carboxylic acids is 3. The quantitative estimate of drug-likeness (QED) is 0.263. The van der Waals surface area contributed by atoms with Crippen LogP contribution in [0.3, 0.4) is 0 Å². The second kappa shape index (κ2) is 14.1. The number of thiazole rings is 1. The van der Waals surface area contributed by atoms with Crippen molar-refractivity contribution >= 4 is 35.6 Å². The van der Waals surface area contributed by atoms with E-state index < -0.39 is 29.5 Å². The number of rotatable bonds is 5. The van der Waals surface area contributed by atoms with E-state index in [1.165, 1.54) is 17.4 Å². The number of hydrogen-bond donors (Lipinski definition) is 1. The van der Waals surface area contributed by atoms with Gasteiger partial charge in [-0.1, -0.05) is 26.3 Å². The standard InChI is InChI=1S/C28H39NO7S.Ac/c1-17-8-7-10-28(6)22(36-28)13-21(18(2)12-20-15-37-23(14-30)29-20)35-24(32)9-11-27(4,5)26(33)19(3)25(17)34-16-31;/h9,11-12,15-17,19,21-22,25,30H,7-8,10,13-14H2,1-6H3;/b11-9+,18-12+;/t17-,19+,21?,22?,25-,28+;/m0./s1. The molecule has 2 unspecified atom stereocenters. The van der Waals surface area contributed by atoms with Crippen LogP contribution in [0.2, 0.25) is 0 Å². The van der Waals surface area contributed by atoms with Crippen LogP contribution >= 0.6 is 11.3 Å². The first-order valence-corrected chi connectivity index (χ1v) is 13.7. The molecule has 1 fully saturated rings. The number of allylic oxidation sites excluding steroid dienone is 1. The molecule has 2 aliphatic rings. The minimum Gasteiger partial charge on any atom is -0.464 e. The maximum absolute atomic E-state index is 13.4. The molecule has 38 heavy (non-hydrogen) atoms. The van der Waals surface area contributed by atoms with Crippen LogP contribution < -0.4 is 0 Å². The van der Waals surface area contributed by atoms with Gasteiger partial charge >= 0.3 is 5.97 Å². The van der Waals surface area contributed by atoms with Crippen molar-refractivity contribution in [2.24, 2.45) is 17.3 Å². The zero-order valence-corrected chi connectivity index (χ0v) is 28.7. The summed E-state index contributed by atoms with van der Waals surface area (Å²) >= 11 is 1.37. The fraction of sp³-hybridized carbons (Fsp3) is 0.643. The van der Waals surface area contributed by atoms with E-state index >= 15 is 0 Å². The third-order valence-electron chi connectivity index (χ3n) is 7.59. The van der Waals surface area contributed by atoms with Crippen LogP contribution in [0.5, 0.6) is 0 Å². The fourth-order valence-corrected chi connectivity index (χ4v) is 5.75. The second-order valence-corrected chi connectivity index (χ2v) is 12.0. The summed E-state index contributed by atoms with van der Waals surface area (Å²) in [4.78, 5) is 41.8. The van der Waals surface area contributed by atoms with Gasteiger partial charge in [-0.3, -0.25) is 9.59 Å². The van der Waals surface area contributed by atoms with Crippen LogP contribution in [0.1, 0.15) is 77.9 Å². The number of ether oxygens (including phenoxy) is 3. The summed E-state index contributed by atoms with van der Waals surface area (Å²) in [6.07, 6.45) is 6.52. The molecule has 3 rings (SSSR count). The number of epoxide rings is 1. The molecule has 0 saturated carbocycles. The van der Waals surface area contributed by atoms with Gasteiger partial charge in [0.15, 0.2) is 0 Å². The van der Waals surface area contributed by atoms with Crippen molar-refractivity contribution in [2.45, 2.75) is 97.7 Å². The summed E-state index contributed by atoms with van der Waals surface area (Å²) in [6.45, 7) is 11.5. The van der Waals surface area contributed by atoms with Crippen molar-refractivity contribution in [2.75, 3.05) is 0 Å². The molecule has 1 saturated heterocycles. The first kappa shape index (κ1) is 33.3. The molecule has 1 aromatic heterocycles. The number of ketones is 1. The summed E-state index contributed by atoms with van der Waals surface area (Å²) in [5.74, 6) is -1.22. The second-order valence-electron chi connectivity index (χ2n) is 11.1. The average molecular weight is 761 g/mol. The predicted molar refractivity (Wildman–Crippen MR) is 141 cm³/mol. The van der Waals surface area contributed by atoms with Crippen molar-refractivity contribution in [3.63, 3.8) is 0 Å². The number of esters is 1. The van der Waals surface area contributed by atoms with Crippen molar-refractivity contribution < 1.29 is 77.8 Å². The van der Waals surface area contributed by atoms with Crippen LogP contribution in [0.4, 0.5) is 0 Å². The molecule has 0 aromatic carbocycles. The number of aromatic nitrogens is 1. The first-order chi connectivity index (χ1) is 17.4. The number of fused-ring (bicyclic) bond motifs is 1. The molecular formula is C28H39AcNO7S. The average Bonchev–Trinajstić information content (AvgIpc) is 3.25. The van der Waals surface area contributed by atoms with E-state index in [9.17, 15) is 19.5 Å². The number of Topliss-reactive ketones (excluding diaryl/α,β-unsaturated/α-hetero) is 1. The molecule has 0 spiro atoms. The Balaban J connectivity index is 0.00000507. The first-order valence-electron chi connectivity index (χ1n) is 12.8. The summed E-state index contributed by atoms with van der Waals surface area (Å²) in [6, 6.07) is 0. The third kappa shape index (κ3) is 8.54. The number of nitrogens with zero attached hydrogens (tertiary/aromatic N) is 1. The van der Waals surface area contributed by atoms with Crippen molar-refractivity contribution in [3.8, 4) is 0 Å². The van der Waals surface area contributed by atoms with Gasteiger partial charge in [-0.2, -0.15) is 0 Å². The molecule has 2 aliphatic heterocycles. The van der Waals surface area contributed by atoms with Crippen LogP contribution in [0.25, 0.3) is 6.08 Å². The Kier molecular flexibility index (Phi) is 12.4. The predicted octanol–water partition coefficient (Wildman–Crippen LogP) is 4.65. The number of carbonyl (C=O) groups is 3. The Bertz CT molecular complexity index is 1050. The molecule has 10 heteroatoms. The smallest absolute Gasteiger partial charge is 0.331 e. The zero-order valence-electron chi connectivity index (χ0n) is 23.1. The van der Waals surface area contributed by atoms with Gasteiger partial charge in [0.25, 0.3) is 6.47 Å². The van der Waals surface area contributed by atoms with Crippen LogP contribution in [0.15, 0.2) is 23.1 Å². The summed E-state index contributed by atoms with van der Waals surface area (Å²) in [5, 5.41) is 11.8. The SMILES string of the molecule is C/C(=C\c1csc(CO)n1)C1CC2O[C@]2(C)CCC[C@H](C)[C@H](OC=O)[C@@H](C)C(=O)C(C)(C)/C=C/C(=O)O1.[Ac]. The third-order valence-corrected chi connectivity index (χ3v) is 8.45. The molecule has 0 amide bonds. The molecule has 1 radical (unpaired) electrons. The Labute approximate surface area is 265 Å². The number of aliphatic hydroxyl groups excluding tert-OH is 1. The van der Waals surface area contributed by atoms with E-state index in [1.807, 2.05) is 25.3 Å². The largest absolute Gasteiger partial charge is 0.464 e. The van der Waals surface area contributed by atoms with Gasteiger partial charge < -0.3 is 19.3 Å². The molecule has 0 aliphatic carbocycles. The van der Waals surface area contributed by atoms with Gasteiger partial charge in [-0.05, 0) is 58.1 Å². The topological polar surface area (TPSA) is 115 Å². The Morgan fingerprint density at radius 1 is 1.29 bits per heavy atom. The molecule has 0 bridgehead atoms. The van der Waals surface area contributed by atoms with Crippen molar-refractivity contribution in [1.82, 2.24) is 4.98 Å². The normalized spacial score (nSPS) is 33.3. The maximum atomic E-state index is 13.4. The van der Waals surface area contributed by atoms with E-state index in [-0.39, 0.29) is 74.1 Å². The van der Waals surface area contributed by atoms with Gasteiger partial charge in [0.1, 0.15) is 23.0 Å². The van der Waals surface area contributed by atoms with E-state index in [4.69, 9.17) is 14.2 Å². The Morgan fingerprint density at radius 3 is 2.63 bits per heavy atom. The molecule has 1 aromatic rings. The minimum absolute atomic E-state index is 0. The Morgan fingerprint density at radius 2 is 2.00 bits per heavy atom. The molecular weight excluding hydrogens is 721 g/mol. The van der Waals surface area contributed by atoms with Crippen LogP contribution in [-0.4, -0.2) is 52.2 Å². The van der Waals surface area contributed by atoms with Gasteiger partial charge in [0.05, 0.1) is 29.9 Å².